The zero-order chi connectivity index (χ0) is 16.9. The van der Waals surface area contributed by atoms with Gasteiger partial charge >= 0.3 is 11.9 Å². The number of carbonyl (C=O) groups is 2. The summed E-state index contributed by atoms with van der Waals surface area (Å²) < 4.78 is 10.6. The minimum absolute atomic E-state index is 0.257. The Kier molecular flexibility index (Phi) is 5.34. The first-order valence-electron chi connectivity index (χ1n) is 8.74. The standard InChI is InChI=1S/C20H24O4/c1-23-19(21)17-13-18(15-10-6-3-7-11-15)24-20(22)16(17)12-14-8-4-2-5-9-14/h2,4-5,8-9,13,15-17H,3,6-7,10-12H2,1H3/t16-,17-/m0/s1. The summed E-state index contributed by atoms with van der Waals surface area (Å²) in [4.78, 5) is 24.9. The first-order valence-corrected chi connectivity index (χ1v) is 8.74. The van der Waals surface area contributed by atoms with Crippen molar-refractivity contribution in [2.45, 2.75) is 38.5 Å². The molecular formula is C20H24O4. The molecule has 4 heteroatoms. The highest BCUT2D eigenvalue weighted by molar-refractivity contribution is 5.85. The summed E-state index contributed by atoms with van der Waals surface area (Å²) in [5.74, 6) is -0.814. The molecule has 0 amide bonds. The lowest BCUT2D eigenvalue weighted by Gasteiger charge is -2.31. The summed E-state index contributed by atoms with van der Waals surface area (Å²) in [6.07, 6.45) is 7.90. The normalized spacial score (nSPS) is 24.9. The molecule has 1 heterocycles. The molecule has 2 aliphatic rings. The van der Waals surface area contributed by atoms with Crippen molar-refractivity contribution in [3.05, 3.63) is 47.7 Å². The topological polar surface area (TPSA) is 52.6 Å². The number of cyclic esters (lactones) is 1. The van der Waals surface area contributed by atoms with Gasteiger partial charge < -0.3 is 9.47 Å². The summed E-state index contributed by atoms with van der Waals surface area (Å²) in [6, 6.07) is 9.71. The van der Waals surface area contributed by atoms with Crippen LogP contribution in [0.4, 0.5) is 0 Å². The summed E-state index contributed by atoms with van der Waals surface area (Å²) in [5.41, 5.74) is 1.02. The number of rotatable bonds is 4. The molecule has 0 radical (unpaired) electrons. The van der Waals surface area contributed by atoms with Gasteiger partial charge in [0.25, 0.3) is 0 Å². The van der Waals surface area contributed by atoms with Crippen LogP contribution in [0.1, 0.15) is 37.7 Å². The highest BCUT2D eigenvalue weighted by Crippen LogP contribution is 2.36. The second-order valence-electron chi connectivity index (χ2n) is 6.67. The van der Waals surface area contributed by atoms with Gasteiger partial charge in [0.1, 0.15) is 5.76 Å². The number of carbonyl (C=O) groups excluding carboxylic acids is 2. The van der Waals surface area contributed by atoms with Crippen LogP contribution in [0.2, 0.25) is 0 Å². The lowest BCUT2D eigenvalue weighted by atomic mass is 9.81. The van der Waals surface area contributed by atoms with Crippen molar-refractivity contribution in [1.29, 1.82) is 0 Å². The van der Waals surface area contributed by atoms with E-state index >= 15 is 0 Å². The number of hydrogen-bond acceptors (Lipinski definition) is 4. The Morgan fingerprint density at radius 1 is 1.17 bits per heavy atom. The molecule has 1 saturated carbocycles. The highest BCUT2D eigenvalue weighted by Gasteiger charge is 2.40. The Labute approximate surface area is 142 Å². The Hall–Kier alpha value is -2.10. The molecule has 3 rings (SSSR count). The highest BCUT2D eigenvalue weighted by atomic mass is 16.5. The molecule has 2 atom stereocenters. The van der Waals surface area contributed by atoms with E-state index in [-0.39, 0.29) is 17.9 Å². The van der Waals surface area contributed by atoms with Crippen molar-refractivity contribution in [3.63, 3.8) is 0 Å². The second-order valence-corrected chi connectivity index (χ2v) is 6.67. The van der Waals surface area contributed by atoms with E-state index in [4.69, 9.17) is 9.47 Å². The lowest BCUT2D eigenvalue weighted by molar-refractivity contribution is -0.158. The number of ether oxygens (including phenoxy) is 2. The summed E-state index contributed by atoms with van der Waals surface area (Å²) in [7, 11) is 1.37. The van der Waals surface area contributed by atoms with E-state index in [0.29, 0.717) is 12.2 Å². The van der Waals surface area contributed by atoms with Crippen LogP contribution in [-0.4, -0.2) is 19.0 Å². The van der Waals surface area contributed by atoms with E-state index in [2.05, 4.69) is 0 Å². The Balaban J connectivity index is 1.84. The van der Waals surface area contributed by atoms with Gasteiger partial charge in [0.05, 0.1) is 18.9 Å². The first kappa shape index (κ1) is 16.7. The Bertz CT molecular complexity index is 614. The fourth-order valence-corrected chi connectivity index (χ4v) is 3.72. The third-order valence-electron chi connectivity index (χ3n) is 5.08. The molecule has 1 fully saturated rings. The maximum absolute atomic E-state index is 12.6. The largest absolute Gasteiger partial charge is 0.469 e. The molecule has 1 aliphatic heterocycles. The van der Waals surface area contributed by atoms with Crippen molar-refractivity contribution in [2.24, 2.45) is 17.8 Å². The molecule has 0 saturated heterocycles. The van der Waals surface area contributed by atoms with E-state index < -0.39 is 11.8 Å². The van der Waals surface area contributed by atoms with Crippen LogP contribution in [-0.2, 0) is 25.5 Å². The van der Waals surface area contributed by atoms with Gasteiger partial charge in [-0.2, -0.15) is 0 Å². The van der Waals surface area contributed by atoms with Crippen LogP contribution < -0.4 is 0 Å². The number of benzene rings is 1. The van der Waals surface area contributed by atoms with Gasteiger partial charge in [-0.05, 0) is 30.9 Å². The molecule has 4 nitrogen and oxygen atoms in total. The van der Waals surface area contributed by atoms with Crippen LogP contribution in [0.5, 0.6) is 0 Å². The minimum atomic E-state index is -0.562. The third kappa shape index (κ3) is 3.69. The SMILES string of the molecule is COC(=O)[C@H]1C=C(C2CCCCC2)OC(=O)[C@H]1Cc1ccccc1. The molecule has 1 aromatic rings. The molecule has 0 N–H and O–H groups in total. The van der Waals surface area contributed by atoms with Gasteiger partial charge in [-0.3, -0.25) is 9.59 Å². The zero-order valence-corrected chi connectivity index (χ0v) is 14.1. The number of esters is 2. The number of hydrogen-bond donors (Lipinski definition) is 0. The van der Waals surface area contributed by atoms with Gasteiger partial charge in [0, 0.05) is 5.92 Å². The predicted octanol–water partition coefficient (Wildman–Crippen LogP) is 3.66. The molecule has 1 aliphatic carbocycles. The smallest absolute Gasteiger partial charge is 0.315 e. The summed E-state index contributed by atoms with van der Waals surface area (Å²) in [5, 5.41) is 0. The minimum Gasteiger partial charge on any atom is -0.469 e. The summed E-state index contributed by atoms with van der Waals surface area (Å²) in [6.45, 7) is 0. The average molecular weight is 328 g/mol. The molecule has 0 aromatic heterocycles. The Morgan fingerprint density at radius 2 is 1.88 bits per heavy atom. The fraction of sp³-hybridized carbons (Fsp3) is 0.500. The molecular weight excluding hydrogens is 304 g/mol. The van der Waals surface area contributed by atoms with Gasteiger partial charge in [0.2, 0.25) is 0 Å². The lowest BCUT2D eigenvalue weighted by Crippen LogP contribution is -2.37. The van der Waals surface area contributed by atoms with E-state index in [1.807, 2.05) is 36.4 Å². The zero-order valence-electron chi connectivity index (χ0n) is 14.1. The van der Waals surface area contributed by atoms with E-state index in [1.54, 1.807) is 0 Å². The maximum Gasteiger partial charge on any atom is 0.315 e. The van der Waals surface area contributed by atoms with Gasteiger partial charge in [-0.1, -0.05) is 49.6 Å². The van der Waals surface area contributed by atoms with Crippen LogP contribution in [0.25, 0.3) is 0 Å². The summed E-state index contributed by atoms with van der Waals surface area (Å²) >= 11 is 0. The van der Waals surface area contributed by atoms with Crippen LogP contribution in [0.3, 0.4) is 0 Å². The van der Waals surface area contributed by atoms with Gasteiger partial charge in [-0.15, -0.1) is 0 Å². The van der Waals surface area contributed by atoms with Gasteiger partial charge in [-0.25, -0.2) is 0 Å². The maximum atomic E-state index is 12.6. The average Bonchev–Trinajstić information content (AvgIpc) is 2.64. The number of methoxy groups -OCH3 is 1. The monoisotopic (exact) mass is 328 g/mol. The van der Waals surface area contributed by atoms with E-state index in [9.17, 15) is 9.59 Å². The predicted molar refractivity (Wildman–Crippen MR) is 89.9 cm³/mol. The molecule has 0 unspecified atom stereocenters. The van der Waals surface area contributed by atoms with E-state index in [1.165, 1.54) is 13.5 Å². The second kappa shape index (κ2) is 7.65. The van der Waals surface area contributed by atoms with Crippen LogP contribution >= 0.6 is 0 Å². The fourth-order valence-electron chi connectivity index (χ4n) is 3.72. The van der Waals surface area contributed by atoms with Crippen molar-refractivity contribution in [3.8, 4) is 0 Å². The third-order valence-corrected chi connectivity index (χ3v) is 5.08. The molecule has 1 aromatic carbocycles. The Morgan fingerprint density at radius 3 is 2.54 bits per heavy atom. The number of allylic oxidation sites excluding steroid dienone is 1. The van der Waals surface area contributed by atoms with Crippen molar-refractivity contribution >= 4 is 11.9 Å². The van der Waals surface area contributed by atoms with Crippen LogP contribution in [0.15, 0.2) is 42.2 Å². The molecule has 0 bridgehead atoms. The van der Waals surface area contributed by atoms with Gasteiger partial charge in [0.15, 0.2) is 0 Å². The van der Waals surface area contributed by atoms with Crippen molar-refractivity contribution in [1.82, 2.24) is 0 Å². The van der Waals surface area contributed by atoms with Crippen molar-refractivity contribution < 1.29 is 19.1 Å². The molecule has 128 valence electrons. The van der Waals surface area contributed by atoms with E-state index in [0.717, 1.165) is 31.2 Å². The quantitative estimate of drug-likeness (QED) is 0.792. The van der Waals surface area contributed by atoms with Crippen LogP contribution in [0, 0.1) is 17.8 Å². The van der Waals surface area contributed by atoms with Crippen molar-refractivity contribution in [2.75, 3.05) is 7.11 Å². The first-order chi connectivity index (χ1) is 11.7. The molecule has 24 heavy (non-hydrogen) atoms. The molecule has 0 spiro atoms.